The van der Waals surface area contributed by atoms with E-state index in [0.29, 0.717) is 66.1 Å². The molecule has 2 heterocycles. The molecular formula is C28H30N6O3. The number of hydrogen-bond donors (Lipinski definition) is 2. The van der Waals surface area contributed by atoms with E-state index in [4.69, 9.17) is 15.6 Å². The van der Waals surface area contributed by atoms with Gasteiger partial charge < -0.3 is 15.8 Å². The van der Waals surface area contributed by atoms with E-state index >= 15 is 0 Å². The van der Waals surface area contributed by atoms with Crippen LogP contribution >= 0.6 is 0 Å². The number of nitrogen functional groups attached to an aromatic ring is 1. The molecule has 5 rings (SSSR count). The molecule has 1 amide bonds. The second-order valence-corrected chi connectivity index (χ2v) is 9.50. The van der Waals surface area contributed by atoms with Crippen LogP contribution in [0.5, 0.6) is 5.75 Å². The summed E-state index contributed by atoms with van der Waals surface area (Å²) >= 11 is 0. The number of methoxy groups -OCH3 is 1. The highest BCUT2D eigenvalue weighted by molar-refractivity contribution is 5.99. The molecule has 0 aliphatic heterocycles. The van der Waals surface area contributed by atoms with Crippen molar-refractivity contribution in [1.82, 2.24) is 19.7 Å². The number of fused-ring (bicyclic) bond motifs is 1. The van der Waals surface area contributed by atoms with Crippen LogP contribution in [-0.4, -0.2) is 38.5 Å². The van der Waals surface area contributed by atoms with Crippen LogP contribution in [0.25, 0.3) is 22.3 Å². The van der Waals surface area contributed by atoms with Crippen molar-refractivity contribution >= 4 is 34.2 Å². The van der Waals surface area contributed by atoms with Crippen LogP contribution in [0.4, 0.5) is 11.5 Å². The van der Waals surface area contributed by atoms with Crippen LogP contribution in [0.15, 0.2) is 54.9 Å². The number of nitrogens with one attached hydrogen (secondary N) is 1. The molecule has 1 saturated carbocycles. The average molecular weight is 499 g/mol. The number of carbonyl (C=O) groups is 2. The molecule has 37 heavy (non-hydrogen) atoms. The van der Waals surface area contributed by atoms with Crippen LogP contribution in [0, 0.1) is 0 Å². The number of benzene rings is 2. The first-order chi connectivity index (χ1) is 17.9. The van der Waals surface area contributed by atoms with Gasteiger partial charge in [0.15, 0.2) is 5.65 Å². The Hall–Kier alpha value is -4.27. The number of nitrogens with zero attached hydrogens (tertiary/aromatic N) is 4. The predicted octanol–water partition coefficient (Wildman–Crippen LogP) is 4.90. The van der Waals surface area contributed by atoms with E-state index in [0.717, 1.165) is 11.1 Å². The third kappa shape index (κ3) is 5.02. The van der Waals surface area contributed by atoms with Gasteiger partial charge in [-0.3, -0.25) is 9.59 Å². The lowest BCUT2D eigenvalue weighted by Gasteiger charge is -2.21. The van der Waals surface area contributed by atoms with Crippen molar-refractivity contribution in [2.45, 2.75) is 51.0 Å². The third-order valence-corrected chi connectivity index (χ3v) is 6.99. The molecule has 0 radical (unpaired) electrons. The Kier molecular flexibility index (Phi) is 6.85. The van der Waals surface area contributed by atoms with E-state index < -0.39 is 0 Å². The first-order valence-electron chi connectivity index (χ1n) is 12.5. The summed E-state index contributed by atoms with van der Waals surface area (Å²) < 4.78 is 7.50. The minimum atomic E-state index is -0.0957. The van der Waals surface area contributed by atoms with Crippen molar-refractivity contribution in [1.29, 1.82) is 0 Å². The lowest BCUT2D eigenvalue weighted by Crippen LogP contribution is -2.19. The summed E-state index contributed by atoms with van der Waals surface area (Å²) in [5, 5.41) is 8.53. The Bertz CT molecular complexity index is 1440. The lowest BCUT2D eigenvalue weighted by atomic mass is 9.94. The predicted molar refractivity (Wildman–Crippen MR) is 142 cm³/mol. The van der Waals surface area contributed by atoms with E-state index in [2.05, 4.69) is 15.3 Å². The topological polar surface area (TPSA) is 125 Å². The number of carbonyl (C=O) groups excluding carboxylic acids is 2. The van der Waals surface area contributed by atoms with Crippen molar-refractivity contribution in [3.63, 3.8) is 0 Å². The Morgan fingerprint density at radius 2 is 1.92 bits per heavy atom. The minimum Gasteiger partial charge on any atom is -0.495 e. The molecule has 1 aliphatic rings. The number of rotatable bonds is 7. The van der Waals surface area contributed by atoms with Crippen molar-refractivity contribution in [3.05, 3.63) is 60.4 Å². The molecule has 1 atom stereocenters. The average Bonchev–Trinajstić information content (AvgIpc) is 3.31. The number of anilines is 2. The van der Waals surface area contributed by atoms with Crippen molar-refractivity contribution in [2.24, 2.45) is 0 Å². The molecule has 2 aromatic carbocycles. The Labute approximate surface area is 215 Å². The van der Waals surface area contributed by atoms with E-state index in [9.17, 15) is 9.59 Å². The summed E-state index contributed by atoms with van der Waals surface area (Å²) in [5.74, 6) is 1.12. The first-order valence-corrected chi connectivity index (χ1v) is 12.5. The highest BCUT2D eigenvalue weighted by Gasteiger charge is 2.26. The van der Waals surface area contributed by atoms with E-state index in [1.54, 1.807) is 7.11 Å². The second kappa shape index (κ2) is 10.4. The maximum Gasteiger partial charge on any atom is 0.225 e. The smallest absolute Gasteiger partial charge is 0.225 e. The summed E-state index contributed by atoms with van der Waals surface area (Å²) in [4.78, 5) is 33.2. The number of Topliss-reactive ketones (excluding diaryl/α,β-unsaturated/α-hetero) is 1. The molecule has 1 aliphatic carbocycles. The molecule has 9 nitrogen and oxygen atoms in total. The summed E-state index contributed by atoms with van der Waals surface area (Å²) in [6.45, 7) is 2.03. The van der Waals surface area contributed by atoms with Crippen molar-refractivity contribution < 1.29 is 14.3 Å². The number of aromatic nitrogens is 4. The van der Waals surface area contributed by atoms with Crippen molar-refractivity contribution in [2.75, 3.05) is 18.2 Å². The largest absolute Gasteiger partial charge is 0.495 e. The van der Waals surface area contributed by atoms with Gasteiger partial charge in [-0.15, -0.1) is 0 Å². The van der Waals surface area contributed by atoms with E-state index in [1.165, 1.54) is 6.33 Å². The monoisotopic (exact) mass is 498 g/mol. The Morgan fingerprint density at radius 3 is 2.65 bits per heavy atom. The van der Waals surface area contributed by atoms with Gasteiger partial charge in [-0.2, -0.15) is 5.10 Å². The third-order valence-electron chi connectivity index (χ3n) is 6.99. The normalized spacial score (nSPS) is 15.0. The number of ketones is 1. The number of ether oxygens (including phenoxy) is 1. The Morgan fingerprint density at radius 1 is 1.16 bits per heavy atom. The highest BCUT2D eigenvalue weighted by Crippen LogP contribution is 2.38. The number of amides is 1. The maximum absolute atomic E-state index is 12.8. The second-order valence-electron chi connectivity index (χ2n) is 9.50. The fraction of sp³-hybridized carbons (Fsp3) is 0.321. The highest BCUT2D eigenvalue weighted by atomic mass is 16.5. The van der Waals surface area contributed by atoms with Crippen LogP contribution in [0.1, 0.15) is 56.6 Å². The van der Waals surface area contributed by atoms with Gasteiger partial charge in [-0.05, 0) is 36.5 Å². The van der Waals surface area contributed by atoms with Gasteiger partial charge in [-0.25, -0.2) is 14.6 Å². The lowest BCUT2D eigenvalue weighted by molar-refractivity contribution is -0.121. The molecule has 190 valence electrons. The zero-order valence-corrected chi connectivity index (χ0v) is 21.0. The molecule has 0 unspecified atom stereocenters. The summed E-state index contributed by atoms with van der Waals surface area (Å²) in [7, 11) is 1.56. The van der Waals surface area contributed by atoms with Gasteiger partial charge in [0.1, 0.15) is 29.4 Å². The fourth-order valence-electron chi connectivity index (χ4n) is 4.94. The van der Waals surface area contributed by atoms with Gasteiger partial charge in [0.25, 0.3) is 0 Å². The van der Waals surface area contributed by atoms with Crippen LogP contribution in [-0.2, 0) is 9.59 Å². The van der Waals surface area contributed by atoms with E-state index in [-0.39, 0.29) is 23.7 Å². The van der Waals surface area contributed by atoms with Crippen LogP contribution in [0.3, 0.4) is 0 Å². The molecule has 0 bridgehead atoms. The zero-order valence-electron chi connectivity index (χ0n) is 21.0. The molecule has 0 saturated heterocycles. The standard InChI is InChI=1S/C28H30N6O3/c1-17(18-6-4-3-5-7-18)14-24(36)32-22-13-8-19(15-23(22)37-2)26-25-27(29)30-16-31-28(25)34(33-26)20-9-11-21(35)12-10-20/h3-8,13,15-17,20H,9-12,14H2,1-2H3,(H,32,36)(H2,29,30,31)/t17-/m1/s1. The Balaban J connectivity index is 1.43. The molecule has 1 fully saturated rings. The zero-order chi connectivity index (χ0) is 25.9. The molecule has 0 spiro atoms. The quantitative estimate of drug-likeness (QED) is 0.371. The molecule has 4 aromatic rings. The van der Waals surface area contributed by atoms with Gasteiger partial charge in [0.2, 0.25) is 5.91 Å². The van der Waals surface area contributed by atoms with Gasteiger partial charge in [0.05, 0.1) is 24.2 Å². The maximum atomic E-state index is 12.8. The van der Waals surface area contributed by atoms with Crippen LogP contribution < -0.4 is 15.8 Å². The summed E-state index contributed by atoms with van der Waals surface area (Å²) in [6, 6.07) is 15.5. The van der Waals surface area contributed by atoms with Gasteiger partial charge in [-0.1, -0.05) is 43.3 Å². The molecule has 9 heteroatoms. The summed E-state index contributed by atoms with van der Waals surface area (Å²) in [6.07, 6.45) is 4.29. The van der Waals surface area contributed by atoms with E-state index in [1.807, 2.05) is 60.1 Å². The minimum absolute atomic E-state index is 0.0651. The van der Waals surface area contributed by atoms with Gasteiger partial charge >= 0.3 is 0 Å². The fourth-order valence-corrected chi connectivity index (χ4v) is 4.94. The molecular weight excluding hydrogens is 468 g/mol. The van der Waals surface area contributed by atoms with Crippen LogP contribution in [0.2, 0.25) is 0 Å². The number of nitrogens with two attached hydrogens (primary N) is 1. The molecule has 3 N–H and O–H groups in total. The SMILES string of the molecule is COc1cc(-c2nn(C3CCC(=O)CC3)c3ncnc(N)c23)ccc1NC(=O)C[C@@H](C)c1ccccc1. The van der Waals surface area contributed by atoms with Crippen molar-refractivity contribution in [3.8, 4) is 17.0 Å². The number of hydrogen-bond acceptors (Lipinski definition) is 7. The summed E-state index contributed by atoms with van der Waals surface area (Å²) in [5.41, 5.74) is 10.0. The van der Waals surface area contributed by atoms with Gasteiger partial charge in [0, 0.05) is 24.8 Å². The first kappa shape index (κ1) is 24.4. The molecule has 2 aromatic heterocycles.